The number of para-hydroxylation sites is 4. The standard InChI is InChI=1S/C45H25N5/c1-48-38-18-10-17-34(45(38)35-15-5-9-22-42(35)49-39-19-6-2-12-31(39)32-13-3-7-20-40(32)49)30-16-11-23-43(37(30)28-47)50-41-21-8-4-14-33(41)36-26-29(27-46)24-25-44(36)50/h2-26H. The Morgan fingerprint density at radius 2 is 0.980 bits per heavy atom. The van der Waals surface area contributed by atoms with Crippen LogP contribution in [-0.2, 0) is 0 Å². The van der Waals surface area contributed by atoms with Crippen molar-refractivity contribution in [3.8, 4) is 45.8 Å². The number of nitriles is 2. The Morgan fingerprint density at radius 3 is 1.64 bits per heavy atom. The second-order valence-corrected chi connectivity index (χ2v) is 12.2. The molecule has 0 radical (unpaired) electrons. The van der Waals surface area contributed by atoms with E-state index in [4.69, 9.17) is 6.57 Å². The molecule has 7 aromatic carbocycles. The largest absolute Gasteiger partial charge is 0.309 e. The molecule has 0 unspecified atom stereocenters. The van der Waals surface area contributed by atoms with Gasteiger partial charge in [-0.1, -0.05) is 103 Å². The smallest absolute Gasteiger partial charge is 0.195 e. The molecule has 0 saturated carbocycles. The molecule has 0 aliphatic carbocycles. The van der Waals surface area contributed by atoms with Gasteiger partial charge >= 0.3 is 0 Å². The molecule has 0 aliphatic rings. The minimum atomic E-state index is 0.497. The van der Waals surface area contributed by atoms with Crippen molar-refractivity contribution in [2.45, 2.75) is 0 Å². The van der Waals surface area contributed by atoms with E-state index in [0.717, 1.165) is 77.2 Å². The molecule has 2 aromatic heterocycles. The highest BCUT2D eigenvalue weighted by atomic mass is 15.0. The van der Waals surface area contributed by atoms with Crippen molar-refractivity contribution in [2.75, 3.05) is 0 Å². The second kappa shape index (κ2) is 11.4. The molecule has 9 aromatic rings. The summed E-state index contributed by atoms with van der Waals surface area (Å²) in [5.74, 6) is 0. The number of hydrogen-bond acceptors (Lipinski definition) is 2. The highest BCUT2D eigenvalue weighted by molar-refractivity contribution is 6.11. The molecular formula is C45H25N5. The van der Waals surface area contributed by atoms with E-state index in [9.17, 15) is 10.5 Å². The van der Waals surface area contributed by atoms with Gasteiger partial charge in [-0.05, 0) is 65.2 Å². The van der Waals surface area contributed by atoms with Gasteiger partial charge in [-0.2, -0.15) is 10.5 Å². The van der Waals surface area contributed by atoms with Gasteiger partial charge in [0.1, 0.15) is 6.07 Å². The third-order valence-electron chi connectivity index (χ3n) is 9.64. The molecule has 0 amide bonds. The number of aromatic nitrogens is 2. The van der Waals surface area contributed by atoms with Crippen molar-refractivity contribution >= 4 is 49.3 Å². The van der Waals surface area contributed by atoms with E-state index in [-0.39, 0.29) is 0 Å². The lowest BCUT2D eigenvalue weighted by atomic mass is 9.89. The Hall–Kier alpha value is -7.39. The molecule has 0 atom stereocenters. The normalized spacial score (nSPS) is 11.1. The molecular weight excluding hydrogens is 611 g/mol. The number of nitrogens with zero attached hydrogens (tertiary/aromatic N) is 5. The summed E-state index contributed by atoms with van der Waals surface area (Å²) < 4.78 is 4.39. The summed E-state index contributed by atoms with van der Waals surface area (Å²) in [7, 11) is 0. The summed E-state index contributed by atoms with van der Waals surface area (Å²) in [6, 6.07) is 55.3. The van der Waals surface area contributed by atoms with Crippen LogP contribution >= 0.6 is 0 Å². The van der Waals surface area contributed by atoms with Crippen molar-refractivity contribution in [3.05, 3.63) is 174 Å². The van der Waals surface area contributed by atoms with E-state index in [1.54, 1.807) is 0 Å². The maximum atomic E-state index is 10.9. The SMILES string of the molecule is [C-]#[N+]c1cccc(-c2cccc(-n3c4ccccc4c4cc(C#N)ccc43)c2C#N)c1-c1ccccc1-n1c2ccccc2c2ccccc21. The van der Waals surface area contributed by atoms with Crippen LogP contribution in [-0.4, -0.2) is 9.13 Å². The van der Waals surface area contributed by atoms with Crippen LogP contribution < -0.4 is 0 Å². The lowest BCUT2D eigenvalue weighted by molar-refractivity contribution is 1.17. The van der Waals surface area contributed by atoms with Crippen LogP contribution in [0.3, 0.4) is 0 Å². The van der Waals surface area contributed by atoms with Crippen molar-refractivity contribution in [1.82, 2.24) is 9.13 Å². The Labute approximate surface area is 288 Å². The van der Waals surface area contributed by atoms with Gasteiger partial charge in [-0.15, -0.1) is 0 Å². The van der Waals surface area contributed by atoms with Crippen LogP contribution in [0.5, 0.6) is 0 Å². The summed E-state index contributed by atoms with van der Waals surface area (Å²) >= 11 is 0. The molecule has 0 spiro atoms. The van der Waals surface area contributed by atoms with Crippen LogP contribution in [0, 0.1) is 29.2 Å². The monoisotopic (exact) mass is 635 g/mol. The summed E-state index contributed by atoms with van der Waals surface area (Å²) in [4.78, 5) is 4.03. The minimum Gasteiger partial charge on any atom is -0.309 e. The van der Waals surface area contributed by atoms with Gasteiger partial charge in [-0.25, -0.2) is 4.85 Å². The first-order valence-corrected chi connectivity index (χ1v) is 16.3. The Balaban J connectivity index is 1.34. The van der Waals surface area contributed by atoms with E-state index < -0.39 is 0 Å². The van der Waals surface area contributed by atoms with Gasteiger partial charge in [0.2, 0.25) is 0 Å². The van der Waals surface area contributed by atoms with Gasteiger partial charge < -0.3 is 9.13 Å². The van der Waals surface area contributed by atoms with Crippen LogP contribution in [0.4, 0.5) is 5.69 Å². The zero-order valence-corrected chi connectivity index (χ0v) is 26.7. The first-order valence-electron chi connectivity index (χ1n) is 16.3. The quantitative estimate of drug-likeness (QED) is 0.181. The Kier molecular flexibility index (Phi) is 6.56. The first-order chi connectivity index (χ1) is 24.7. The molecule has 230 valence electrons. The predicted octanol–water partition coefficient (Wildman–Crippen LogP) is 11.5. The maximum absolute atomic E-state index is 10.9. The number of rotatable bonds is 4. The lowest BCUT2D eigenvalue weighted by Crippen LogP contribution is -2.01. The fourth-order valence-corrected chi connectivity index (χ4v) is 7.57. The predicted molar refractivity (Wildman–Crippen MR) is 202 cm³/mol. The van der Waals surface area contributed by atoms with Gasteiger partial charge in [0.15, 0.2) is 5.69 Å². The molecule has 2 heterocycles. The molecule has 0 aliphatic heterocycles. The molecule has 5 nitrogen and oxygen atoms in total. The lowest BCUT2D eigenvalue weighted by Gasteiger charge is -2.20. The van der Waals surface area contributed by atoms with Crippen LogP contribution in [0.25, 0.3) is 82.1 Å². The van der Waals surface area contributed by atoms with Crippen molar-refractivity contribution in [1.29, 1.82) is 10.5 Å². The Bertz CT molecular complexity index is 2920. The van der Waals surface area contributed by atoms with E-state index in [2.05, 4.69) is 86.8 Å². The molecule has 50 heavy (non-hydrogen) atoms. The molecule has 9 rings (SSSR count). The van der Waals surface area contributed by atoms with Gasteiger partial charge in [-0.3, -0.25) is 0 Å². The highest BCUT2D eigenvalue weighted by Gasteiger charge is 2.23. The maximum Gasteiger partial charge on any atom is 0.195 e. The first kappa shape index (κ1) is 28.8. The fourth-order valence-electron chi connectivity index (χ4n) is 7.57. The average molecular weight is 636 g/mol. The number of benzene rings is 7. The summed E-state index contributed by atoms with van der Waals surface area (Å²) in [5, 5.41) is 24.9. The molecule has 0 fully saturated rings. The van der Waals surface area contributed by atoms with Crippen molar-refractivity contribution in [2.24, 2.45) is 0 Å². The van der Waals surface area contributed by atoms with Crippen LogP contribution in [0.15, 0.2) is 152 Å². The van der Waals surface area contributed by atoms with Crippen LogP contribution in [0.2, 0.25) is 0 Å². The van der Waals surface area contributed by atoms with Crippen LogP contribution in [0.1, 0.15) is 11.1 Å². The summed E-state index contributed by atoms with van der Waals surface area (Å²) in [5.41, 5.74) is 10.5. The topological polar surface area (TPSA) is 61.8 Å². The molecule has 0 N–H and O–H groups in total. The number of fused-ring (bicyclic) bond motifs is 6. The molecule has 0 saturated heterocycles. The fraction of sp³-hybridized carbons (Fsp3) is 0. The van der Waals surface area contributed by atoms with Gasteiger partial charge in [0.05, 0.1) is 57.2 Å². The minimum absolute atomic E-state index is 0.497. The van der Waals surface area contributed by atoms with E-state index in [1.165, 1.54) is 0 Å². The third kappa shape index (κ3) is 4.17. The average Bonchev–Trinajstić information content (AvgIpc) is 3.69. The van der Waals surface area contributed by atoms with E-state index >= 15 is 0 Å². The highest BCUT2D eigenvalue weighted by Crippen LogP contribution is 2.46. The van der Waals surface area contributed by atoms with E-state index in [0.29, 0.717) is 16.8 Å². The van der Waals surface area contributed by atoms with E-state index in [1.807, 2.05) is 91.0 Å². The number of hydrogen-bond donors (Lipinski definition) is 0. The van der Waals surface area contributed by atoms with Gasteiger partial charge in [0, 0.05) is 27.1 Å². The zero-order chi connectivity index (χ0) is 33.8. The zero-order valence-electron chi connectivity index (χ0n) is 26.7. The van der Waals surface area contributed by atoms with Crippen molar-refractivity contribution in [3.63, 3.8) is 0 Å². The molecule has 0 bridgehead atoms. The second-order valence-electron chi connectivity index (χ2n) is 12.2. The Morgan fingerprint density at radius 1 is 0.460 bits per heavy atom. The third-order valence-corrected chi connectivity index (χ3v) is 9.64. The summed E-state index contributed by atoms with van der Waals surface area (Å²) in [6.45, 7) is 8.29. The van der Waals surface area contributed by atoms with Gasteiger partial charge in [0.25, 0.3) is 0 Å². The van der Waals surface area contributed by atoms with Crippen molar-refractivity contribution < 1.29 is 0 Å². The summed E-state index contributed by atoms with van der Waals surface area (Å²) in [6.07, 6.45) is 0. The molecule has 5 heteroatoms.